The fraction of sp³-hybridized carbons (Fsp3) is 1.00. The Bertz CT molecular complexity index is 217. The first-order valence-electron chi connectivity index (χ1n) is 4.68. The minimum absolute atomic E-state index is 0. The molecular formula is C7H15ClF6N2OP-. The van der Waals surface area contributed by atoms with Crippen LogP contribution >= 0.6 is 19.8 Å². The zero-order valence-electron chi connectivity index (χ0n) is 9.80. The minimum Gasteiger partial charge on any atom is -1.00 e. The van der Waals surface area contributed by atoms with Crippen molar-refractivity contribution in [2.45, 2.75) is 5.62 Å². The summed E-state index contributed by atoms with van der Waals surface area (Å²) in [5.41, 5.74) is 0.0129. The van der Waals surface area contributed by atoms with Crippen molar-refractivity contribution in [3.63, 3.8) is 0 Å². The molecule has 1 atom stereocenters. The van der Waals surface area contributed by atoms with E-state index in [4.69, 9.17) is 16.3 Å². The Labute approximate surface area is 107 Å². The smallest absolute Gasteiger partial charge is 1.00 e. The Morgan fingerprint density at radius 1 is 1.11 bits per heavy atom. The summed E-state index contributed by atoms with van der Waals surface area (Å²) in [5, 5.41) is 0. The van der Waals surface area contributed by atoms with Crippen molar-refractivity contribution in [2.24, 2.45) is 0 Å². The molecule has 0 spiro atoms. The molecule has 1 unspecified atom stereocenters. The van der Waals surface area contributed by atoms with Crippen LogP contribution in [0.4, 0.5) is 21.0 Å². The van der Waals surface area contributed by atoms with E-state index in [0.717, 1.165) is 26.3 Å². The Balaban J connectivity index is 0. The molecule has 11 heteroatoms. The number of hydrogen-bond donors (Lipinski definition) is 0. The summed E-state index contributed by atoms with van der Waals surface area (Å²) in [6.07, 6.45) is 0. The fourth-order valence-corrected chi connectivity index (χ4v) is 1.31. The van der Waals surface area contributed by atoms with Crippen LogP contribution in [0.5, 0.6) is 0 Å². The van der Waals surface area contributed by atoms with Crippen LogP contribution in [0.15, 0.2) is 0 Å². The van der Waals surface area contributed by atoms with Gasteiger partial charge in [-0.2, -0.15) is 0 Å². The molecule has 1 saturated heterocycles. The van der Waals surface area contributed by atoms with E-state index in [9.17, 15) is 21.0 Å². The maximum Gasteiger partial charge on any atom is -1.00 e. The van der Waals surface area contributed by atoms with Crippen LogP contribution in [0.3, 0.4) is 0 Å². The van der Waals surface area contributed by atoms with Gasteiger partial charge in [0.1, 0.15) is 5.62 Å². The molecule has 0 aromatic heterocycles. The molecule has 1 aliphatic rings. The summed E-state index contributed by atoms with van der Waals surface area (Å²) in [7, 11) is -4.59. The average Bonchev–Trinajstić information content (AvgIpc) is 2.14. The summed E-state index contributed by atoms with van der Waals surface area (Å²) in [5.74, 6) is 0. The van der Waals surface area contributed by atoms with Gasteiger partial charge in [0, 0.05) is 13.1 Å². The number of ether oxygens (including phenoxy) is 1. The SMILES string of the molecule is CN(C)C(Cl)N1CCOCC1.FP(F)(F)(F)F.[F-]. The van der Waals surface area contributed by atoms with E-state index in [2.05, 4.69) is 4.90 Å². The van der Waals surface area contributed by atoms with Crippen LogP contribution in [0.2, 0.25) is 0 Å². The standard InChI is InChI=1S/C7H15ClN2O.F5P.FH/c1-9(2)7(8)10-3-5-11-6-4-10;1-6(2,3,4)5;/h7H,3-6H2,1-2H3;;1H/p-1. The van der Waals surface area contributed by atoms with Gasteiger partial charge >= 0.3 is 29.1 Å². The summed E-state index contributed by atoms with van der Waals surface area (Å²) in [6.45, 7) is 3.48. The third kappa shape index (κ3) is 14.2. The van der Waals surface area contributed by atoms with Gasteiger partial charge in [0.15, 0.2) is 0 Å². The van der Waals surface area contributed by atoms with Gasteiger partial charge in [-0.05, 0) is 14.1 Å². The number of hydrogen-bond acceptors (Lipinski definition) is 3. The largest absolute Gasteiger partial charge is 1.00 e. The predicted molar refractivity (Wildman–Crippen MR) is 58.2 cm³/mol. The van der Waals surface area contributed by atoms with Gasteiger partial charge in [0.25, 0.3) is 0 Å². The van der Waals surface area contributed by atoms with Crippen LogP contribution < -0.4 is 4.70 Å². The molecule has 0 radical (unpaired) electrons. The van der Waals surface area contributed by atoms with Gasteiger partial charge in [-0.1, -0.05) is 11.6 Å². The first-order valence-corrected chi connectivity index (χ1v) is 6.81. The normalized spacial score (nSPS) is 21.1. The van der Waals surface area contributed by atoms with E-state index in [1.54, 1.807) is 0 Å². The maximum absolute atomic E-state index is 9.84. The van der Waals surface area contributed by atoms with Crippen LogP contribution in [-0.4, -0.2) is 55.8 Å². The van der Waals surface area contributed by atoms with E-state index in [0.29, 0.717) is 0 Å². The summed E-state index contributed by atoms with van der Waals surface area (Å²) >= 11 is 6.09. The first kappa shape index (κ1) is 20.5. The second kappa shape index (κ2) is 7.69. The molecule has 1 aliphatic heterocycles. The Kier molecular flexibility index (Phi) is 8.76. The second-order valence-electron chi connectivity index (χ2n) is 3.56. The monoisotopic (exact) mass is 323 g/mol. The van der Waals surface area contributed by atoms with Crippen molar-refractivity contribution in [1.29, 1.82) is 0 Å². The van der Waals surface area contributed by atoms with Gasteiger partial charge in [0.05, 0.1) is 13.2 Å². The molecule has 0 aromatic rings. The topological polar surface area (TPSA) is 15.7 Å². The van der Waals surface area contributed by atoms with Crippen LogP contribution in [-0.2, 0) is 4.74 Å². The third-order valence-corrected chi connectivity index (χ3v) is 2.44. The van der Waals surface area contributed by atoms with E-state index in [-0.39, 0.29) is 10.3 Å². The maximum atomic E-state index is 9.84. The quantitative estimate of drug-likeness (QED) is 0.316. The molecule has 0 amide bonds. The third-order valence-electron chi connectivity index (χ3n) is 1.77. The van der Waals surface area contributed by atoms with Gasteiger partial charge in [-0.15, -0.1) is 0 Å². The van der Waals surface area contributed by atoms with Crippen molar-refractivity contribution in [1.82, 2.24) is 9.80 Å². The van der Waals surface area contributed by atoms with Crippen LogP contribution in [0.25, 0.3) is 0 Å². The zero-order chi connectivity index (χ0) is 13.7. The summed E-state index contributed by atoms with van der Waals surface area (Å²) in [6, 6.07) is 0. The van der Waals surface area contributed by atoms with Gasteiger partial charge < -0.3 is 9.44 Å². The van der Waals surface area contributed by atoms with Crippen LogP contribution in [0, 0.1) is 0 Å². The zero-order valence-corrected chi connectivity index (χ0v) is 11.5. The number of rotatable bonds is 2. The minimum atomic E-state index is -8.55. The van der Waals surface area contributed by atoms with E-state index in [1.807, 2.05) is 19.0 Å². The molecule has 0 aliphatic carbocycles. The Morgan fingerprint density at radius 3 is 1.72 bits per heavy atom. The van der Waals surface area contributed by atoms with Crippen molar-refractivity contribution in [3.8, 4) is 0 Å². The molecular weight excluding hydrogens is 309 g/mol. The molecule has 1 rings (SSSR count). The predicted octanol–water partition coefficient (Wildman–Crippen LogP) is 0.369. The molecule has 114 valence electrons. The number of morpholine rings is 1. The van der Waals surface area contributed by atoms with Gasteiger partial charge in [0.2, 0.25) is 0 Å². The molecule has 0 bridgehead atoms. The van der Waals surface area contributed by atoms with Crippen molar-refractivity contribution in [3.05, 3.63) is 0 Å². The molecule has 18 heavy (non-hydrogen) atoms. The fourth-order valence-electron chi connectivity index (χ4n) is 1.12. The molecule has 1 fully saturated rings. The van der Waals surface area contributed by atoms with Gasteiger partial charge in [-0.3, -0.25) is 9.80 Å². The van der Waals surface area contributed by atoms with E-state index >= 15 is 0 Å². The second-order valence-corrected chi connectivity index (χ2v) is 5.23. The van der Waals surface area contributed by atoms with Gasteiger partial charge in [-0.25, -0.2) is 0 Å². The number of halogens is 7. The average molecular weight is 324 g/mol. The summed E-state index contributed by atoms with van der Waals surface area (Å²) in [4.78, 5) is 4.19. The first-order chi connectivity index (χ1) is 7.45. The number of nitrogens with zero attached hydrogens (tertiary/aromatic N) is 2. The molecule has 3 nitrogen and oxygen atoms in total. The number of alkyl halides is 1. The summed E-state index contributed by atoms with van der Waals surface area (Å²) < 4.78 is 54.4. The van der Waals surface area contributed by atoms with E-state index < -0.39 is 8.16 Å². The molecule has 1 heterocycles. The molecule has 0 N–H and O–H groups in total. The van der Waals surface area contributed by atoms with E-state index in [1.165, 1.54) is 0 Å². The molecule has 0 aromatic carbocycles. The van der Waals surface area contributed by atoms with Crippen LogP contribution in [0.1, 0.15) is 0 Å². The van der Waals surface area contributed by atoms with Crippen molar-refractivity contribution >= 4 is 19.8 Å². The molecule has 0 saturated carbocycles. The Hall–Kier alpha value is 0.180. The Morgan fingerprint density at radius 2 is 1.44 bits per heavy atom. The van der Waals surface area contributed by atoms with Crippen molar-refractivity contribution < 1.29 is 30.4 Å². The van der Waals surface area contributed by atoms with Crippen molar-refractivity contribution in [2.75, 3.05) is 40.4 Å².